The second kappa shape index (κ2) is 6.23. The van der Waals surface area contributed by atoms with Crippen molar-refractivity contribution >= 4 is 29.0 Å². The summed E-state index contributed by atoms with van der Waals surface area (Å²) < 4.78 is 5.04. The van der Waals surface area contributed by atoms with Gasteiger partial charge in [-0.2, -0.15) is 0 Å². The maximum absolute atomic E-state index is 12.1. The van der Waals surface area contributed by atoms with E-state index in [-0.39, 0.29) is 5.91 Å². The molecule has 0 aliphatic carbocycles. The van der Waals surface area contributed by atoms with Gasteiger partial charge in [-0.1, -0.05) is 11.6 Å². The minimum absolute atomic E-state index is 0.296. The normalized spacial score (nSPS) is 9.95. The molecule has 0 saturated heterocycles. The number of methoxy groups -OCH3 is 1. The summed E-state index contributed by atoms with van der Waals surface area (Å²) in [5.41, 5.74) is 3.26. The predicted molar refractivity (Wildman–Crippen MR) is 78.0 cm³/mol. The van der Waals surface area contributed by atoms with Crippen LogP contribution in [-0.4, -0.2) is 18.0 Å². The predicted octanol–water partition coefficient (Wildman–Crippen LogP) is 2.28. The molecular weight excluding hydrogens is 280 g/mol. The van der Waals surface area contributed by atoms with Gasteiger partial charge in [0.05, 0.1) is 17.7 Å². The molecular formula is C13H13ClN4O2. The van der Waals surface area contributed by atoms with Crippen LogP contribution in [0.5, 0.6) is 5.75 Å². The van der Waals surface area contributed by atoms with Crippen molar-refractivity contribution in [2.24, 2.45) is 5.84 Å². The summed E-state index contributed by atoms with van der Waals surface area (Å²) >= 11 is 6.00. The Morgan fingerprint density at radius 3 is 2.85 bits per heavy atom. The van der Waals surface area contributed by atoms with E-state index in [4.69, 9.17) is 22.2 Å². The summed E-state index contributed by atoms with van der Waals surface area (Å²) in [4.78, 5) is 16.1. The molecule has 20 heavy (non-hydrogen) atoms. The molecule has 1 heterocycles. The van der Waals surface area contributed by atoms with E-state index in [1.54, 1.807) is 30.3 Å². The number of rotatable bonds is 4. The van der Waals surface area contributed by atoms with Gasteiger partial charge in [0.1, 0.15) is 5.75 Å². The Bertz CT molecular complexity index is 634. The smallest absolute Gasteiger partial charge is 0.259 e. The van der Waals surface area contributed by atoms with Crippen LogP contribution in [0, 0.1) is 0 Å². The number of nitrogens with zero attached hydrogens (tertiary/aromatic N) is 1. The highest BCUT2D eigenvalue weighted by Gasteiger charge is 2.12. The Morgan fingerprint density at radius 1 is 1.40 bits per heavy atom. The maximum atomic E-state index is 12.1. The summed E-state index contributed by atoms with van der Waals surface area (Å²) in [6.45, 7) is 0. The second-order valence-electron chi connectivity index (χ2n) is 3.85. The van der Waals surface area contributed by atoms with Gasteiger partial charge in [0, 0.05) is 11.9 Å². The first-order valence-electron chi connectivity index (χ1n) is 5.72. The van der Waals surface area contributed by atoms with Gasteiger partial charge in [-0.05, 0) is 30.3 Å². The minimum Gasteiger partial charge on any atom is -0.495 e. The molecule has 0 saturated carbocycles. The number of anilines is 2. The summed E-state index contributed by atoms with van der Waals surface area (Å²) in [5.74, 6) is 5.81. The van der Waals surface area contributed by atoms with Crippen LogP contribution in [0.2, 0.25) is 5.02 Å². The lowest BCUT2D eigenvalue weighted by molar-refractivity contribution is 0.102. The van der Waals surface area contributed by atoms with E-state index in [1.807, 2.05) is 0 Å². The Hall–Kier alpha value is -2.31. The first kappa shape index (κ1) is 14.1. The number of benzene rings is 1. The Morgan fingerprint density at radius 2 is 2.20 bits per heavy atom. The van der Waals surface area contributed by atoms with Crippen molar-refractivity contribution in [2.75, 3.05) is 17.9 Å². The summed E-state index contributed by atoms with van der Waals surface area (Å²) in [6.07, 6.45) is 1.54. The zero-order valence-corrected chi connectivity index (χ0v) is 11.4. The molecule has 1 aromatic carbocycles. The number of aromatic nitrogens is 1. The van der Waals surface area contributed by atoms with Gasteiger partial charge < -0.3 is 15.5 Å². The number of carbonyl (C=O) groups excluding carboxylic acids is 1. The third-order valence-corrected chi connectivity index (χ3v) is 2.89. The van der Waals surface area contributed by atoms with Crippen LogP contribution >= 0.6 is 11.6 Å². The monoisotopic (exact) mass is 292 g/mol. The van der Waals surface area contributed by atoms with Crippen LogP contribution in [-0.2, 0) is 0 Å². The van der Waals surface area contributed by atoms with Crippen molar-refractivity contribution < 1.29 is 9.53 Å². The fourth-order valence-electron chi connectivity index (χ4n) is 1.65. The van der Waals surface area contributed by atoms with Crippen LogP contribution in [0.4, 0.5) is 11.5 Å². The molecule has 0 bridgehead atoms. The second-order valence-corrected chi connectivity index (χ2v) is 4.25. The maximum Gasteiger partial charge on any atom is 0.259 e. The summed E-state index contributed by atoms with van der Waals surface area (Å²) in [7, 11) is 1.52. The van der Waals surface area contributed by atoms with Crippen LogP contribution in [0.3, 0.4) is 0 Å². The highest BCUT2D eigenvalue weighted by molar-refractivity contribution is 6.32. The number of nitrogens with one attached hydrogen (secondary N) is 2. The Kier molecular flexibility index (Phi) is 4.39. The molecule has 0 atom stereocenters. The van der Waals surface area contributed by atoms with Gasteiger partial charge >= 0.3 is 0 Å². The molecule has 6 nitrogen and oxygen atoms in total. The molecule has 2 rings (SSSR count). The number of hydrogen-bond acceptors (Lipinski definition) is 5. The van der Waals surface area contributed by atoms with E-state index in [0.717, 1.165) is 0 Å². The molecule has 2 aromatic rings. The standard InChI is InChI=1S/C13H13ClN4O2/c1-20-11-5-4-8(7-10(11)14)17-13(19)9-3-2-6-16-12(9)18-15/h2-7H,15H2,1H3,(H,16,18)(H,17,19). The molecule has 0 unspecified atom stereocenters. The quantitative estimate of drug-likeness (QED) is 0.594. The van der Waals surface area contributed by atoms with Crippen LogP contribution < -0.4 is 21.3 Å². The van der Waals surface area contributed by atoms with E-state index in [1.165, 1.54) is 13.3 Å². The first-order valence-corrected chi connectivity index (χ1v) is 6.10. The topological polar surface area (TPSA) is 89.3 Å². The molecule has 7 heteroatoms. The average molecular weight is 293 g/mol. The SMILES string of the molecule is COc1ccc(NC(=O)c2cccnc2NN)cc1Cl. The molecule has 0 spiro atoms. The molecule has 1 aromatic heterocycles. The van der Waals surface area contributed by atoms with Crippen molar-refractivity contribution in [1.82, 2.24) is 4.98 Å². The number of nitrogen functional groups attached to an aromatic ring is 1. The highest BCUT2D eigenvalue weighted by Crippen LogP contribution is 2.27. The number of halogens is 1. The lowest BCUT2D eigenvalue weighted by Gasteiger charge is -2.10. The number of amides is 1. The largest absolute Gasteiger partial charge is 0.495 e. The number of nitrogens with two attached hydrogens (primary N) is 1. The van der Waals surface area contributed by atoms with E-state index in [0.29, 0.717) is 27.8 Å². The van der Waals surface area contributed by atoms with Crippen LogP contribution in [0.1, 0.15) is 10.4 Å². The molecule has 0 radical (unpaired) electrons. The summed E-state index contributed by atoms with van der Waals surface area (Å²) in [5, 5.41) is 3.12. The van der Waals surface area contributed by atoms with E-state index in [2.05, 4.69) is 15.7 Å². The van der Waals surface area contributed by atoms with Crippen molar-refractivity contribution in [3.63, 3.8) is 0 Å². The first-order chi connectivity index (χ1) is 9.65. The fraction of sp³-hybridized carbons (Fsp3) is 0.0769. The van der Waals surface area contributed by atoms with Crippen molar-refractivity contribution in [2.45, 2.75) is 0 Å². The minimum atomic E-state index is -0.340. The van der Waals surface area contributed by atoms with E-state index >= 15 is 0 Å². The molecule has 1 amide bonds. The van der Waals surface area contributed by atoms with Gasteiger partial charge in [-0.3, -0.25) is 4.79 Å². The summed E-state index contributed by atoms with van der Waals surface area (Å²) in [6, 6.07) is 8.22. The molecule has 0 aliphatic heterocycles. The van der Waals surface area contributed by atoms with E-state index < -0.39 is 0 Å². The third-order valence-electron chi connectivity index (χ3n) is 2.60. The van der Waals surface area contributed by atoms with Gasteiger partial charge in [-0.25, -0.2) is 10.8 Å². The van der Waals surface area contributed by atoms with Crippen LogP contribution in [0.15, 0.2) is 36.5 Å². The number of carbonyl (C=O) groups is 1. The van der Waals surface area contributed by atoms with E-state index in [9.17, 15) is 4.79 Å². The van der Waals surface area contributed by atoms with Gasteiger partial charge in [0.25, 0.3) is 5.91 Å². The van der Waals surface area contributed by atoms with Gasteiger partial charge in [-0.15, -0.1) is 0 Å². The van der Waals surface area contributed by atoms with Gasteiger partial charge in [0.2, 0.25) is 0 Å². The number of hydrogen-bond donors (Lipinski definition) is 3. The lowest BCUT2D eigenvalue weighted by atomic mass is 10.2. The van der Waals surface area contributed by atoms with Crippen molar-refractivity contribution in [3.05, 3.63) is 47.1 Å². The Balaban J connectivity index is 2.21. The zero-order chi connectivity index (χ0) is 14.5. The molecule has 4 N–H and O–H groups in total. The van der Waals surface area contributed by atoms with Crippen molar-refractivity contribution in [3.8, 4) is 5.75 Å². The number of ether oxygens (including phenoxy) is 1. The van der Waals surface area contributed by atoms with Crippen molar-refractivity contribution in [1.29, 1.82) is 0 Å². The average Bonchev–Trinajstić information content (AvgIpc) is 2.47. The molecule has 0 fully saturated rings. The number of hydrazine groups is 1. The molecule has 104 valence electrons. The molecule has 0 aliphatic rings. The number of pyridine rings is 1. The zero-order valence-electron chi connectivity index (χ0n) is 10.7. The Labute approximate surface area is 120 Å². The van der Waals surface area contributed by atoms with Crippen LogP contribution in [0.25, 0.3) is 0 Å². The lowest BCUT2D eigenvalue weighted by Crippen LogP contribution is -2.18. The van der Waals surface area contributed by atoms with Gasteiger partial charge in [0.15, 0.2) is 5.82 Å². The highest BCUT2D eigenvalue weighted by atomic mass is 35.5. The third kappa shape index (κ3) is 2.98. The fourth-order valence-corrected chi connectivity index (χ4v) is 1.90.